The molecule has 0 fully saturated rings. The Labute approximate surface area is 121 Å². The predicted octanol–water partition coefficient (Wildman–Crippen LogP) is 1.83. The average molecular weight is 277 g/mol. The van der Waals surface area contributed by atoms with Crippen molar-refractivity contribution in [1.82, 2.24) is 5.32 Å². The summed E-state index contributed by atoms with van der Waals surface area (Å²) in [4.78, 5) is 0. The highest BCUT2D eigenvalue weighted by atomic mass is 16.5. The van der Waals surface area contributed by atoms with Crippen LogP contribution in [-0.2, 0) is 0 Å². The Morgan fingerprint density at radius 3 is 2.60 bits per heavy atom. The van der Waals surface area contributed by atoms with E-state index in [2.05, 4.69) is 11.2 Å². The minimum atomic E-state index is -0.523. The molecule has 0 bridgehead atoms. The summed E-state index contributed by atoms with van der Waals surface area (Å²) in [5, 5.41) is 12.9. The molecule has 0 spiro atoms. The van der Waals surface area contributed by atoms with Crippen molar-refractivity contribution < 1.29 is 14.6 Å². The Morgan fingerprint density at radius 2 is 1.95 bits per heavy atom. The van der Waals surface area contributed by atoms with Crippen LogP contribution >= 0.6 is 0 Å². The quantitative estimate of drug-likeness (QED) is 0.506. The van der Waals surface area contributed by atoms with Gasteiger partial charge in [0, 0.05) is 13.0 Å². The van der Waals surface area contributed by atoms with Crippen LogP contribution in [0.5, 0.6) is 11.5 Å². The summed E-state index contributed by atoms with van der Waals surface area (Å²) in [7, 11) is 1.62. The Morgan fingerprint density at radius 1 is 1.25 bits per heavy atom. The zero-order chi connectivity index (χ0) is 14.6. The number of unbranched alkanes of at least 4 members (excludes halogenated alkanes) is 2. The van der Waals surface area contributed by atoms with Crippen molar-refractivity contribution in [2.24, 2.45) is 0 Å². The third-order valence-electron chi connectivity index (χ3n) is 2.81. The molecule has 0 aliphatic heterocycles. The number of nitrogens with one attached hydrogen (secondary N) is 1. The van der Waals surface area contributed by atoms with E-state index in [0.717, 1.165) is 37.3 Å². The molecule has 2 N–H and O–H groups in total. The van der Waals surface area contributed by atoms with Crippen LogP contribution in [0.25, 0.3) is 0 Å². The molecule has 1 aromatic rings. The fraction of sp³-hybridized carbons (Fsp3) is 0.500. The van der Waals surface area contributed by atoms with Gasteiger partial charge in [0.1, 0.15) is 24.2 Å². The molecule has 4 nitrogen and oxygen atoms in total. The molecule has 1 unspecified atom stereocenters. The van der Waals surface area contributed by atoms with Crippen LogP contribution in [0.3, 0.4) is 0 Å². The molecular weight excluding hydrogens is 254 g/mol. The molecule has 0 aliphatic carbocycles. The highest BCUT2D eigenvalue weighted by Crippen LogP contribution is 2.16. The lowest BCUT2D eigenvalue weighted by molar-refractivity contribution is 0.106. The van der Waals surface area contributed by atoms with Gasteiger partial charge in [-0.15, -0.1) is 12.3 Å². The second-order valence-corrected chi connectivity index (χ2v) is 4.51. The third-order valence-corrected chi connectivity index (χ3v) is 2.81. The summed E-state index contributed by atoms with van der Waals surface area (Å²) in [6.45, 7) is 1.65. The van der Waals surface area contributed by atoms with Gasteiger partial charge in [0.25, 0.3) is 0 Å². The second kappa shape index (κ2) is 10.1. The van der Waals surface area contributed by atoms with Gasteiger partial charge in [-0.1, -0.05) is 0 Å². The van der Waals surface area contributed by atoms with E-state index in [1.165, 1.54) is 0 Å². The van der Waals surface area contributed by atoms with Crippen LogP contribution in [0.1, 0.15) is 19.3 Å². The standard InChI is InChI=1S/C16H23NO3/c1-3-4-5-6-11-17-12-14(18)13-20-16-9-7-15(19-2)8-10-16/h1,7-10,14,17-18H,4-6,11-13H2,2H3. The van der Waals surface area contributed by atoms with E-state index in [1.807, 2.05) is 24.3 Å². The van der Waals surface area contributed by atoms with Gasteiger partial charge in [0.05, 0.1) is 7.11 Å². The molecular formula is C16H23NO3. The molecule has 4 heteroatoms. The third kappa shape index (κ3) is 7.03. The summed E-state index contributed by atoms with van der Waals surface area (Å²) in [5.41, 5.74) is 0. The van der Waals surface area contributed by atoms with E-state index in [0.29, 0.717) is 6.54 Å². The van der Waals surface area contributed by atoms with Gasteiger partial charge in [-0.05, 0) is 43.7 Å². The number of aliphatic hydroxyl groups excluding tert-OH is 1. The smallest absolute Gasteiger partial charge is 0.119 e. The van der Waals surface area contributed by atoms with E-state index in [-0.39, 0.29) is 6.61 Å². The van der Waals surface area contributed by atoms with Crippen molar-refractivity contribution in [3.05, 3.63) is 24.3 Å². The number of aliphatic hydroxyl groups is 1. The van der Waals surface area contributed by atoms with E-state index in [9.17, 15) is 5.11 Å². The van der Waals surface area contributed by atoms with Crippen LogP contribution < -0.4 is 14.8 Å². The van der Waals surface area contributed by atoms with Gasteiger partial charge in [0.15, 0.2) is 0 Å². The van der Waals surface area contributed by atoms with Crippen LogP contribution in [0.4, 0.5) is 0 Å². The minimum Gasteiger partial charge on any atom is -0.497 e. The van der Waals surface area contributed by atoms with Crippen molar-refractivity contribution in [2.75, 3.05) is 26.8 Å². The normalized spacial score (nSPS) is 11.7. The fourth-order valence-corrected chi connectivity index (χ4v) is 1.67. The molecule has 0 saturated carbocycles. The molecule has 110 valence electrons. The maximum absolute atomic E-state index is 9.77. The van der Waals surface area contributed by atoms with Crippen molar-refractivity contribution in [3.63, 3.8) is 0 Å². The first-order valence-corrected chi connectivity index (χ1v) is 6.85. The van der Waals surface area contributed by atoms with Crippen LogP contribution in [0.15, 0.2) is 24.3 Å². The average Bonchev–Trinajstić information content (AvgIpc) is 2.49. The topological polar surface area (TPSA) is 50.7 Å². The fourth-order valence-electron chi connectivity index (χ4n) is 1.67. The van der Waals surface area contributed by atoms with Crippen molar-refractivity contribution in [3.8, 4) is 23.8 Å². The first-order chi connectivity index (χ1) is 9.76. The van der Waals surface area contributed by atoms with E-state index >= 15 is 0 Å². The number of benzene rings is 1. The first kappa shape index (κ1) is 16.4. The molecule has 1 atom stereocenters. The molecule has 0 heterocycles. The second-order valence-electron chi connectivity index (χ2n) is 4.51. The largest absolute Gasteiger partial charge is 0.497 e. The van der Waals surface area contributed by atoms with Crippen molar-refractivity contribution in [2.45, 2.75) is 25.4 Å². The summed E-state index contributed by atoms with van der Waals surface area (Å²) in [6.07, 6.45) is 7.50. The molecule has 0 amide bonds. The number of rotatable bonds is 10. The number of hydrogen-bond acceptors (Lipinski definition) is 4. The van der Waals surface area contributed by atoms with E-state index in [1.54, 1.807) is 7.11 Å². The Hall–Kier alpha value is -1.70. The SMILES string of the molecule is C#CCCCCNCC(O)COc1ccc(OC)cc1. The lowest BCUT2D eigenvalue weighted by Gasteiger charge is -2.13. The first-order valence-electron chi connectivity index (χ1n) is 6.85. The van der Waals surface area contributed by atoms with Gasteiger partial charge < -0.3 is 19.9 Å². The zero-order valence-electron chi connectivity index (χ0n) is 12.0. The predicted molar refractivity (Wildman–Crippen MR) is 80.0 cm³/mol. The van der Waals surface area contributed by atoms with Gasteiger partial charge in [0.2, 0.25) is 0 Å². The van der Waals surface area contributed by atoms with Gasteiger partial charge in [-0.3, -0.25) is 0 Å². The maximum atomic E-state index is 9.77. The summed E-state index contributed by atoms with van der Waals surface area (Å²) in [6, 6.07) is 7.29. The van der Waals surface area contributed by atoms with E-state index in [4.69, 9.17) is 15.9 Å². The summed E-state index contributed by atoms with van der Waals surface area (Å²) >= 11 is 0. The van der Waals surface area contributed by atoms with Crippen LogP contribution in [0.2, 0.25) is 0 Å². The van der Waals surface area contributed by atoms with Gasteiger partial charge >= 0.3 is 0 Å². The number of ether oxygens (including phenoxy) is 2. The Kier molecular flexibility index (Phi) is 8.28. The molecule has 1 rings (SSSR count). The molecule has 0 aromatic heterocycles. The monoisotopic (exact) mass is 277 g/mol. The highest BCUT2D eigenvalue weighted by Gasteiger charge is 2.04. The number of hydrogen-bond donors (Lipinski definition) is 2. The number of terminal acetylenes is 1. The maximum Gasteiger partial charge on any atom is 0.119 e. The van der Waals surface area contributed by atoms with Gasteiger partial charge in [-0.2, -0.15) is 0 Å². The molecule has 0 saturated heterocycles. The van der Waals surface area contributed by atoms with Crippen molar-refractivity contribution >= 4 is 0 Å². The van der Waals surface area contributed by atoms with Crippen LogP contribution in [-0.4, -0.2) is 38.0 Å². The number of methoxy groups -OCH3 is 1. The molecule has 0 radical (unpaired) electrons. The molecule has 20 heavy (non-hydrogen) atoms. The van der Waals surface area contributed by atoms with Gasteiger partial charge in [-0.25, -0.2) is 0 Å². The molecule has 0 aliphatic rings. The van der Waals surface area contributed by atoms with Crippen molar-refractivity contribution in [1.29, 1.82) is 0 Å². The van der Waals surface area contributed by atoms with Crippen LogP contribution in [0, 0.1) is 12.3 Å². The van der Waals surface area contributed by atoms with E-state index < -0.39 is 6.10 Å². The zero-order valence-corrected chi connectivity index (χ0v) is 12.0. The lowest BCUT2D eigenvalue weighted by atomic mass is 10.2. The molecule has 1 aromatic carbocycles. The Balaban J connectivity index is 2.10. The summed E-state index contributed by atoms with van der Waals surface area (Å²) < 4.78 is 10.6. The highest BCUT2D eigenvalue weighted by molar-refractivity contribution is 5.31. The summed E-state index contributed by atoms with van der Waals surface area (Å²) in [5.74, 6) is 4.11. The minimum absolute atomic E-state index is 0.268. The Bertz CT molecular complexity index is 397. The lowest BCUT2D eigenvalue weighted by Crippen LogP contribution is -2.32.